The van der Waals surface area contributed by atoms with Gasteiger partial charge in [-0.25, -0.2) is 4.39 Å². The number of aryl methyl sites for hydroxylation is 1. The van der Waals surface area contributed by atoms with Crippen LogP contribution in [0.1, 0.15) is 24.2 Å². The number of carbonyl (C=O) groups excluding carboxylic acids is 1. The van der Waals surface area contributed by atoms with Gasteiger partial charge in [0.2, 0.25) is 5.91 Å². The van der Waals surface area contributed by atoms with Gasteiger partial charge in [0.1, 0.15) is 16.9 Å². The molecule has 0 bridgehead atoms. The van der Waals surface area contributed by atoms with E-state index in [1.165, 1.54) is 27.7 Å². The zero-order valence-corrected chi connectivity index (χ0v) is 16.6. The molecule has 6 nitrogen and oxygen atoms in total. The smallest absolute Gasteiger partial charge is 0.250 e. The van der Waals surface area contributed by atoms with Crippen LogP contribution in [0.25, 0.3) is 0 Å². The summed E-state index contributed by atoms with van der Waals surface area (Å²) >= 11 is 18.2. The molecule has 0 fully saturated rings. The van der Waals surface area contributed by atoms with E-state index in [1.54, 1.807) is 26.1 Å². The van der Waals surface area contributed by atoms with Gasteiger partial charge < -0.3 is 5.32 Å². The Balaban J connectivity index is 1.75. The summed E-state index contributed by atoms with van der Waals surface area (Å²) in [5.74, 6) is -0.652. The van der Waals surface area contributed by atoms with Gasteiger partial charge in [0.15, 0.2) is 5.82 Å². The van der Waals surface area contributed by atoms with E-state index in [0.29, 0.717) is 10.7 Å². The average molecular weight is 431 g/mol. The molecule has 1 N–H and O–H groups in total. The summed E-state index contributed by atoms with van der Waals surface area (Å²) in [6.07, 6.45) is 3.06. The van der Waals surface area contributed by atoms with Crippen molar-refractivity contribution >= 4 is 46.5 Å². The molecular formula is C17H15Cl3FN5O. The number of amides is 1. The summed E-state index contributed by atoms with van der Waals surface area (Å²) in [6.45, 7) is 3.49. The van der Waals surface area contributed by atoms with Crippen LogP contribution in [0.4, 0.5) is 10.2 Å². The highest BCUT2D eigenvalue weighted by atomic mass is 35.5. The third-order valence-corrected chi connectivity index (χ3v) is 4.98. The number of rotatable bonds is 5. The van der Waals surface area contributed by atoms with Crippen LogP contribution in [0.3, 0.4) is 0 Å². The van der Waals surface area contributed by atoms with Gasteiger partial charge in [-0.1, -0.05) is 40.9 Å². The van der Waals surface area contributed by atoms with E-state index in [-0.39, 0.29) is 33.9 Å². The van der Waals surface area contributed by atoms with Crippen LogP contribution >= 0.6 is 34.8 Å². The molecule has 2 heterocycles. The van der Waals surface area contributed by atoms with Crippen LogP contribution in [0.5, 0.6) is 0 Å². The second-order valence-electron chi connectivity index (χ2n) is 5.93. The lowest BCUT2D eigenvalue weighted by atomic mass is 10.2. The number of nitrogens with one attached hydrogen (secondary N) is 1. The molecule has 0 saturated carbocycles. The Labute approximate surface area is 169 Å². The molecule has 1 amide bonds. The van der Waals surface area contributed by atoms with E-state index in [4.69, 9.17) is 34.8 Å². The van der Waals surface area contributed by atoms with Crippen molar-refractivity contribution in [1.82, 2.24) is 19.6 Å². The summed E-state index contributed by atoms with van der Waals surface area (Å²) in [5.41, 5.74) is 0.909. The van der Waals surface area contributed by atoms with E-state index in [2.05, 4.69) is 15.5 Å². The minimum Gasteiger partial charge on any atom is -0.306 e. The first-order valence-corrected chi connectivity index (χ1v) is 9.07. The molecule has 3 aromatic rings. The normalized spacial score (nSPS) is 12.2. The lowest BCUT2D eigenvalue weighted by Crippen LogP contribution is -2.24. The second kappa shape index (κ2) is 7.88. The second-order valence-corrected chi connectivity index (χ2v) is 7.15. The van der Waals surface area contributed by atoms with Crippen molar-refractivity contribution in [3.63, 3.8) is 0 Å². The maximum absolute atomic E-state index is 13.9. The summed E-state index contributed by atoms with van der Waals surface area (Å²) in [4.78, 5) is 12.5. The number of anilines is 1. The standard InChI is InChI=1S/C17H15Cl3FN5O/c1-9-13(19)8-26(23-9)10(2)17(27)22-16-14(20)7-25(24-16)6-11-12(18)4-3-5-15(11)21/h3-5,7-8,10H,6H2,1-2H3,(H,22,24,27). The highest BCUT2D eigenvalue weighted by Gasteiger charge is 2.20. The fraction of sp³-hybridized carbons (Fsp3) is 0.235. The molecule has 0 aliphatic carbocycles. The van der Waals surface area contributed by atoms with E-state index < -0.39 is 11.9 Å². The number of hydrogen-bond donors (Lipinski definition) is 1. The molecule has 0 spiro atoms. The fourth-order valence-corrected chi connectivity index (χ4v) is 2.97. The molecule has 0 saturated heterocycles. The zero-order chi connectivity index (χ0) is 19.7. The van der Waals surface area contributed by atoms with Crippen molar-refractivity contribution in [1.29, 1.82) is 0 Å². The highest BCUT2D eigenvalue weighted by Crippen LogP contribution is 2.24. The number of halogens is 4. The topological polar surface area (TPSA) is 64.7 Å². The van der Waals surface area contributed by atoms with Gasteiger partial charge in [0.25, 0.3) is 0 Å². The van der Waals surface area contributed by atoms with Crippen LogP contribution in [0.2, 0.25) is 15.1 Å². The third kappa shape index (κ3) is 4.26. The highest BCUT2D eigenvalue weighted by molar-refractivity contribution is 6.33. The molecule has 0 aliphatic rings. The zero-order valence-electron chi connectivity index (χ0n) is 14.4. The third-order valence-electron chi connectivity index (χ3n) is 3.97. The maximum atomic E-state index is 13.9. The Morgan fingerprint density at radius 3 is 2.56 bits per heavy atom. The number of nitrogens with zero attached hydrogens (tertiary/aromatic N) is 4. The van der Waals surface area contributed by atoms with Gasteiger partial charge in [0, 0.05) is 23.0 Å². The summed E-state index contributed by atoms with van der Waals surface area (Å²) < 4.78 is 16.8. The van der Waals surface area contributed by atoms with Gasteiger partial charge in [0.05, 0.1) is 17.3 Å². The van der Waals surface area contributed by atoms with Crippen molar-refractivity contribution in [2.45, 2.75) is 26.4 Å². The monoisotopic (exact) mass is 429 g/mol. The lowest BCUT2D eigenvalue weighted by molar-refractivity contribution is -0.119. The van der Waals surface area contributed by atoms with Gasteiger partial charge >= 0.3 is 0 Å². The minimum absolute atomic E-state index is 0.0740. The minimum atomic E-state index is -0.626. The Hall–Kier alpha value is -2.09. The van der Waals surface area contributed by atoms with E-state index in [1.807, 2.05) is 0 Å². The van der Waals surface area contributed by atoms with Gasteiger partial charge in [-0.3, -0.25) is 14.2 Å². The molecule has 3 rings (SSSR count). The van der Waals surface area contributed by atoms with Crippen molar-refractivity contribution in [2.75, 3.05) is 5.32 Å². The molecule has 0 aliphatic heterocycles. The van der Waals surface area contributed by atoms with Crippen LogP contribution in [-0.2, 0) is 11.3 Å². The number of carbonyl (C=O) groups is 1. The largest absolute Gasteiger partial charge is 0.306 e. The Kier molecular flexibility index (Phi) is 5.74. The molecular weight excluding hydrogens is 416 g/mol. The number of aromatic nitrogens is 4. The van der Waals surface area contributed by atoms with Crippen molar-refractivity contribution in [3.05, 3.63) is 62.7 Å². The quantitative estimate of drug-likeness (QED) is 0.636. The summed E-state index contributed by atoms with van der Waals surface area (Å²) in [5, 5.41) is 12.0. The average Bonchev–Trinajstić information content (AvgIpc) is 3.13. The fourth-order valence-electron chi connectivity index (χ4n) is 2.41. The first kappa shape index (κ1) is 19.7. The molecule has 2 aromatic heterocycles. The Morgan fingerprint density at radius 1 is 1.19 bits per heavy atom. The van der Waals surface area contributed by atoms with Crippen molar-refractivity contribution in [3.8, 4) is 0 Å². The number of benzene rings is 1. The van der Waals surface area contributed by atoms with E-state index in [0.717, 1.165) is 0 Å². The van der Waals surface area contributed by atoms with Crippen LogP contribution in [0.15, 0.2) is 30.6 Å². The van der Waals surface area contributed by atoms with Crippen molar-refractivity contribution in [2.24, 2.45) is 0 Å². The molecule has 27 heavy (non-hydrogen) atoms. The molecule has 10 heteroatoms. The summed E-state index contributed by atoms with van der Waals surface area (Å²) in [7, 11) is 0. The molecule has 1 unspecified atom stereocenters. The van der Waals surface area contributed by atoms with Gasteiger partial charge in [-0.15, -0.1) is 0 Å². The molecule has 0 radical (unpaired) electrons. The molecule has 142 valence electrons. The predicted molar refractivity (Wildman–Crippen MR) is 103 cm³/mol. The number of hydrogen-bond acceptors (Lipinski definition) is 3. The Bertz CT molecular complexity index is 961. The lowest BCUT2D eigenvalue weighted by Gasteiger charge is -2.11. The van der Waals surface area contributed by atoms with E-state index >= 15 is 0 Å². The summed E-state index contributed by atoms with van der Waals surface area (Å²) in [6, 6.07) is 3.80. The van der Waals surface area contributed by atoms with Gasteiger partial charge in [-0.05, 0) is 26.0 Å². The van der Waals surface area contributed by atoms with Crippen molar-refractivity contribution < 1.29 is 9.18 Å². The SMILES string of the molecule is Cc1nn(C(C)C(=O)Nc2nn(Cc3c(F)cccc3Cl)cc2Cl)cc1Cl. The predicted octanol–water partition coefficient (Wildman–Crippen LogP) is 4.74. The van der Waals surface area contributed by atoms with Gasteiger partial charge in [-0.2, -0.15) is 10.2 Å². The first-order valence-electron chi connectivity index (χ1n) is 7.94. The van der Waals surface area contributed by atoms with Crippen LogP contribution in [-0.4, -0.2) is 25.5 Å². The molecule has 1 aromatic carbocycles. The Morgan fingerprint density at radius 2 is 1.93 bits per heavy atom. The van der Waals surface area contributed by atoms with Crippen LogP contribution in [0, 0.1) is 12.7 Å². The first-order chi connectivity index (χ1) is 12.8. The maximum Gasteiger partial charge on any atom is 0.250 e. The van der Waals surface area contributed by atoms with E-state index in [9.17, 15) is 9.18 Å². The van der Waals surface area contributed by atoms with Crippen LogP contribution < -0.4 is 5.32 Å². The molecule has 1 atom stereocenters.